The van der Waals surface area contributed by atoms with Crippen LogP contribution >= 0.6 is 36.6 Å². The lowest BCUT2D eigenvalue weighted by Gasteiger charge is -2.03. The highest BCUT2D eigenvalue weighted by molar-refractivity contribution is 7.98. The Labute approximate surface area is 112 Å². The fourth-order valence-corrected chi connectivity index (χ4v) is 1.27. The van der Waals surface area contributed by atoms with Crippen LogP contribution in [0.25, 0.3) is 0 Å². The number of carbonyl (C=O) groups excluding carboxylic acids is 1. The van der Waals surface area contributed by atoms with Crippen molar-refractivity contribution in [3.8, 4) is 0 Å². The van der Waals surface area contributed by atoms with Crippen molar-refractivity contribution in [2.24, 2.45) is 5.73 Å². The van der Waals surface area contributed by atoms with Gasteiger partial charge in [0.15, 0.2) is 0 Å². The number of hydrogen-bond acceptors (Lipinski definition) is 4. The molecule has 0 radical (unpaired) electrons. The fraction of sp³-hybridized carbons (Fsp3) is 0.333. The highest BCUT2D eigenvalue weighted by Crippen LogP contribution is 2.14. The van der Waals surface area contributed by atoms with Gasteiger partial charge in [-0.25, -0.2) is 4.98 Å². The number of carbonyl (C=O) groups is 1. The van der Waals surface area contributed by atoms with Gasteiger partial charge in [0.2, 0.25) is 5.91 Å². The van der Waals surface area contributed by atoms with E-state index in [1.807, 2.05) is 12.3 Å². The zero-order valence-corrected chi connectivity index (χ0v) is 11.3. The summed E-state index contributed by atoms with van der Waals surface area (Å²) in [4.78, 5) is 16.3. The molecule has 0 saturated carbocycles. The Morgan fingerprint density at radius 3 is 2.62 bits per heavy atom. The lowest BCUT2D eigenvalue weighted by atomic mass is 10.4. The van der Waals surface area contributed by atoms with Gasteiger partial charge in [0.05, 0.1) is 0 Å². The summed E-state index contributed by atoms with van der Waals surface area (Å²) in [5, 5.41) is 2.65. The molecule has 1 aromatic heterocycles. The van der Waals surface area contributed by atoms with E-state index in [4.69, 9.17) is 5.73 Å². The number of thioether (sulfide) groups is 1. The lowest BCUT2D eigenvalue weighted by molar-refractivity contribution is -0.116. The van der Waals surface area contributed by atoms with E-state index in [-0.39, 0.29) is 30.7 Å². The normalized spacial score (nSPS) is 8.62. The maximum absolute atomic E-state index is 11.1. The molecule has 0 bridgehead atoms. The van der Waals surface area contributed by atoms with E-state index in [9.17, 15) is 4.79 Å². The van der Waals surface area contributed by atoms with Crippen molar-refractivity contribution in [2.45, 2.75) is 11.3 Å². The van der Waals surface area contributed by atoms with Crippen LogP contribution in [0.1, 0.15) is 6.42 Å². The first-order chi connectivity index (χ1) is 6.76. The van der Waals surface area contributed by atoms with Gasteiger partial charge in [-0.2, -0.15) is 0 Å². The van der Waals surface area contributed by atoms with Crippen molar-refractivity contribution < 1.29 is 4.79 Å². The number of nitrogens with zero attached hydrogens (tertiary/aromatic N) is 1. The van der Waals surface area contributed by atoms with Gasteiger partial charge in [-0.05, 0) is 18.4 Å². The molecule has 0 spiro atoms. The summed E-state index contributed by atoms with van der Waals surface area (Å²) in [7, 11) is 0. The van der Waals surface area contributed by atoms with Crippen LogP contribution in [0.15, 0.2) is 23.2 Å². The summed E-state index contributed by atoms with van der Waals surface area (Å²) in [5.41, 5.74) is 5.24. The topological polar surface area (TPSA) is 68.0 Å². The maximum atomic E-state index is 11.1. The molecule has 0 aliphatic carbocycles. The van der Waals surface area contributed by atoms with E-state index < -0.39 is 0 Å². The summed E-state index contributed by atoms with van der Waals surface area (Å²) < 4.78 is 0. The Morgan fingerprint density at radius 1 is 1.50 bits per heavy atom. The Bertz CT molecular complexity index is 308. The van der Waals surface area contributed by atoms with Gasteiger partial charge in [0.25, 0.3) is 0 Å². The van der Waals surface area contributed by atoms with Gasteiger partial charge in [0, 0.05) is 24.1 Å². The van der Waals surface area contributed by atoms with Gasteiger partial charge >= 0.3 is 0 Å². The average molecular weight is 284 g/mol. The number of pyridine rings is 1. The molecule has 0 fully saturated rings. The smallest absolute Gasteiger partial charge is 0.226 e. The SMILES string of the molecule is CSc1ccc(NC(=O)CCN)nc1.Cl.Cl. The molecule has 7 heteroatoms. The van der Waals surface area contributed by atoms with Crippen LogP contribution in [0.3, 0.4) is 0 Å². The fourth-order valence-electron chi connectivity index (χ4n) is 0.911. The van der Waals surface area contributed by atoms with Crippen LogP contribution in [-0.4, -0.2) is 23.7 Å². The number of rotatable bonds is 4. The molecule has 92 valence electrons. The molecule has 1 heterocycles. The van der Waals surface area contributed by atoms with Crippen LogP contribution in [0.2, 0.25) is 0 Å². The summed E-state index contributed by atoms with van der Waals surface area (Å²) in [6, 6.07) is 3.69. The molecule has 0 aromatic carbocycles. The first-order valence-corrected chi connectivity index (χ1v) is 5.48. The molecular formula is C9H15Cl2N3OS. The molecule has 3 N–H and O–H groups in total. The molecule has 0 aliphatic rings. The Hall–Kier alpha value is -0.490. The van der Waals surface area contributed by atoms with Gasteiger partial charge < -0.3 is 11.1 Å². The van der Waals surface area contributed by atoms with Crippen molar-refractivity contribution in [2.75, 3.05) is 18.1 Å². The number of nitrogens with two attached hydrogens (primary N) is 1. The van der Waals surface area contributed by atoms with E-state index in [1.165, 1.54) is 0 Å². The quantitative estimate of drug-likeness (QED) is 0.829. The zero-order valence-electron chi connectivity index (χ0n) is 8.80. The number of halogens is 2. The van der Waals surface area contributed by atoms with Crippen LogP contribution in [0.4, 0.5) is 5.82 Å². The molecule has 4 nitrogen and oxygen atoms in total. The van der Waals surface area contributed by atoms with Gasteiger partial charge in [-0.1, -0.05) is 0 Å². The monoisotopic (exact) mass is 283 g/mol. The summed E-state index contributed by atoms with van der Waals surface area (Å²) >= 11 is 1.61. The summed E-state index contributed by atoms with van der Waals surface area (Å²) in [6.45, 7) is 0.356. The second-order valence-corrected chi connectivity index (χ2v) is 3.55. The number of anilines is 1. The average Bonchev–Trinajstić information content (AvgIpc) is 2.19. The van der Waals surface area contributed by atoms with E-state index >= 15 is 0 Å². The second-order valence-electron chi connectivity index (χ2n) is 2.67. The standard InChI is InChI=1S/C9H13N3OS.2ClH/c1-14-7-2-3-8(11-6-7)12-9(13)4-5-10;;/h2-3,6H,4-5,10H2,1H3,(H,11,12,13);2*1H. The number of aromatic nitrogens is 1. The van der Waals surface area contributed by atoms with Gasteiger partial charge in [-0.3, -0.25) is 4.79 Å². The lowest BCUT2D eigenvalue weighted by Crippen LogP contribution is -2.16. The van der Waals surface area contributed by atoms with E-state index in [2.05, 4.69) is 10.3 Å². The maximum Gasteiger partial charge on any atom is 0.226 e. The molecule has 16 heavy (non-hydrogen) atoms. The minimum Gasteiger partial charge on any atom is -0.330 e. The predicted octanol–water partition coefficient (Wildman–Crippen LogP) is 1.93. The molecular weight excluding hydrogens is 269 g/mol. The number of hydrogen-bond donors (Lipinski definition) is 2. The molecule has 0 atom stereocenters. The molecule has 1 amide bonds. The molecule has 1 rings (SSSR count). The Balaban J connectivity index is 0. The van der Waals surface area contributed by atoms with Crippen LogP contribution in [0, 0.1) is 0 Å². The predicted molar refractivity (Wildman–Crippen MR) is 72.8 cm³/mol. The Morgan fingerprint density at radius 2 is 2.19 bits per heavy atom. The first-order valence-electron chi connectivity index (χ1n) is 4.26. The molecule has 0 unspecified atom stereocenters. The molecule has 1 aromatic rings. The molecule has 0 aliphatic heterocycles. The van der Waals surface area contributed by atoms with Gasteiger partial charge in [0.1, 0.15) is 5.82 Å². The van der Waals surface area contributed by atoms with Crippen LogP contribution < -0.4 is 11.1 Å². The number of nitrogens with one attached hydrogen (secondary N) is 1. The van der Waals surface area contributed by atoms with E-state index in [1.54, 1.807) is 24.0 Å². The molecule has 0 saturated heterocycles. The van der Waals surface area contributed by atoms with Crippen molar-refractivity contribution in [1.82, 2.24) is 4.98 Å². The summed E-state index contributed by atoms with van der Waals surface area (Å²) in [6.07, 6.45) is 4.03. The van der Waals surface area contributed by atoms with Crippen LogP contribution in [-0.2, 0) is 4.79 Å². The first kappa shape index (κ1) is 17.9. The van der Waals surface area contributed by atoms with Crippen molar-refractivity contribution in [3.63, 3.8) is 0 Å². The van der Waals surface area contributed by atoms with Crippen molar-refractivity contribution in [1.29, 1.82) is 0 Å². The zero-order chi connectivity index (χ0) is 10.4. The minimum atomic E-state index is -0.100. The highest BCUT2D eigenvalue weighted by atomic mass is 35.5. The Kier molecular flexibility index (Phi) is 10.9. The van der Waals surface area contributed by atoms with Crippen LogP contribution in [0.5, 0.6) is 0 Å². The summed E-state index contributed by atoms with van der Waals surface area (Å²) in [5.74, 6) is 0.471. The van der Waals surface area contributed by atoms with E-state index in [0.717, 1.165) is 4.90 Å². The third kappa shape index (κ3) is 6.17. The second kappa shape index (κ2) is 9.72. The van der Waals surface area contributed by atoms with Gasteiger partial charge in [-0.15, -0.1) is 36.6 Å². The van der Waals surface area contributed by atoms with E-state index in [0.29, 0.717) is 18.8 Å². The minimum absolute atomic E-state index is 0. The largest absolute Gasteiger partial charge is 0.330 e. The van der Waals surface area contributed by atoms with Crippen molar-refractivity contribution in [3.05, 3.63) is 18.3 Å². The third-order valence-corrected chi connectivity index (χ3v) is 2.32. The third-order valence-electron chi connectivity index (χ3n) is 1.61. The van der Waals surface area contributed by atoms with Crippen molar-refractivity contribution >= 4 is 48.3 Å². The number of amides is 1. The highest BCUT2D eigenvalue weighted by Gasteiger charge is 2.01.